The predicted molar refractivity (Wildman–Crippen MR) is 106 cm³/mol. The number of nitro groups is 1. The molecule has 3 rings (SSSR count). The lowest BCUT2D eigenvalue weighted by molar-refractivity contribution is -0.385. The molecule has 0 bridgehead atoms. The molecule has 0 saturated heterocycles. The van der Waals surface area contributed by atoms with Crippen LogP contribution in [0.1, 0.15) is 27.3 Å². The van der Waals surface area contributed by atoms with Crippen LogP contribution in [0.3, 0.4) is 0 Å². The largest absolute Gasteiger partial charge is 0.315 e. The van der Waals surface area contributed by atoms with Gasteiger partial charge in [0, 0.05) is 23.0 Å². The lowest BCUT2D eigenvalue weighted by atomic mass is 10.0. The average Bonchev–Trinajstić information content (AvgIpc) is 3.00. The monoisotopic (exact) mass is 389 g/mol. The van der Waals surface area contributed by atoms with Crippen LogP contribution in [0.25, 0.3) is 11.8 Å². The van der Waals surface area contributed by atoms with E-state index in [1.165, 1.54) is 30.3 Å². The van der Waals surface area contributed by atoms with Crippen LogP contribution in [0.15, 0.2) is 60.2 Å². The van der Waals surface area contributed by atoms with Crippen molar-refractivity contribution in [2.75, 3.05) is 0 Å². The molecule has 0 saturated carbocycles. The van der Waals surface area contributed by atoms with Gasteiger partial charge in [-0.2, -0.15) is 5.26 Å². The second-order valence-corrected chi connectivity index (χ2v) is 6.39. The molecule has 2 aromatic carbocycles. The number of hydrogen-bond donors (Lipinski definition) is 0. The number of nitrogens with zero attached hydrogens (tertiary/aromatic N) is 3. The predicted octanol–water partition coefficient (Wildman–Crippen LogP) is 4.93. The highest BCUT2D eigenvalue weighted by molar-refractivity contribution is 6.15. The van der Waals surface area contributed by atoms with Crippen LogP contribution >= 0.6 is 0 Å². The highest BCUT2D eigenvalue weighted by Gasteiger charge is 2.22. The second-order valence-electron chi connectivity index (χ2n) is 6.39. The molecule has 0 aliphatic heterocycles. The number of benzene rings is 2. The fourth-order valence-corrected chi connectivity index (χ4v) is 3.22. The summed E-state index contributed by atoms with van der Waals surface area (Å²) in [4.78, 5) is 23.6. The van der Waals surface area contributed by atoms with Crippen molar-refractivity contribution >= 4 is 17.5 Å². The van der Waals surface area contributed by atoms with E-state index < -0.39 is 16.5 Å². The molecule has 0 spiro atoms. The summed E-state index contributed by atoms with van der Waals surface area (Å²) in [5.74, 6) is -1.02. The maximum absolute atomic E-state index is 14.2. The van der Waals surface area contributed by atoms with Crippen molar-refractivity contribution in [3.63, 3.8) is 0 Å². The van der Waals surface area contributed by atoms with E-state index in [0.29, 0.717) is 17.1 Å². The lowest BCUT2D eigenvalue weighted by Gasteiger charge is -2.10. The summed E-state index contributed by atoms with van der Waals surface area (Å²) in [5.41, 5.74) is 1.34. The summed E-state index contributed by atoms with van der Waals surface area (Å²) in [6.45, 7) is 3.39. The first-order chi connectivity index (χ1) is 13.8. The third-order valence-corrected chi connectivity index (χ3v) is 4.57. The van der Waals surface area contributed by atoms with Gasteiger partial charge in [0.1, 0.15) is 17.5 Å². The molecule has 0 aliphatic rings. The fourth-order valence-electron chi connectivity index (χ4n) is 3.22. The number of Topliss-reactive ketones (excluding diaryl/α,β-unsaturated/α-hetero) is 1. The molecule has 7 heteroatoms. The number of halogens is 1. The van der Waals surface area contributed by atoms with Gasteiger partial charge >= 0.3 is 0 Å². The SMILES string of the molecule is Cc1cc(C(=O)/C(C#N)=C/c2ccccc2[N+](=O)[O-])c(C)n1-c1ccccc1F. The molecule has 0 amide bonds. The molecule has 0 fully saturated rings. The third-order valence-electron chi connectivity index (χ3n) is 4.57. The Morgan fingerprint density at radius 2 is 1.83 bits per heavy atom. The first-order valence-electron chi connectivity index (χ1n) is 8.69. The molecule has 0 atom stereocenters. The van der Waals surface area contributed by atoms with Gasteiger partial charge in [0.25, 0.3) is 5.69 Å². The summed E-state index contributed by atoms with van der Waals surface area (Å²) < 4.78 is 15.8. The minimum atomic E-state index is -0.582. The summed E-state index contributed by atoms with van der Waals surface area (Å²) >= 11 is 0. The molecule has 29 heavy (non-hydrogen) atoms. The zero-order valence-electron chi connectivity index (χ0n) is 15.7. The molecule has 0 aliphatic carbocycles. The van der Waals surface area contributed by atoms with Crippen LogP contribution in [0.5, 0.6) is 0 Å². The van der Waals surface area contributed by atoms with Gasteiger partial charge in [-0.1, -0.05) is 24.3 Å². The highest BCUT2D eigenvalue weighted by atomic mass is 19.1. The topological polar surface area (TPSA) is 88.9 Å². The molecular weight excluding hydrogens is 373 g/mol. The summed E-state index contributed by atoms with van der Waals surface area (Å²) in [7, 11) is 0. The van der Waals surface area contributed by atoms with Crippen molar-refractivity contribution in [2.24, 2.45) is 0 Å². The number of carbonyl (C=O) groups excluding carboxylic acids is 1. The van der Waals surface area contributed by atoms with E-state index in [1.54, 1.807) is 48.7 Å². The number of para-hydroxylation sites is 2. The Morgan fingerprint density at radius 3 is 2.48 bits per heavy atom. The first kappa shape index (κ1) is 19.7. The van der Waals surface area contributed by atoms with Crippen molar-refractivity contribution in [3.8, 4) is 11.8 Å². The minimum Gasteiger partial charge on any atom is -0.315 e. The maximum atomic E-state index is 14.2. The van der Waals surface area contributed by atoms with Gasteiger partial charge in [-0.25, -0.2) is 4.39 Å². The molecule has 6 nitrogen and oxygen atoms in total. The standard InChI is InChI=1S/C22H16FN3O3/c1-14-11-18(15(2)25(14)21-10-6-4-8-19(21)23)22(27)17(13-24)12-16-7-3-5-9-20(16)26(28)29/h3-12H,1-2H3/b17-12+. The van der Waals surface area contributed by atoms with Crippen molar-refractivity contribution in [3.05, 3.63) is 98.6 Å². The smallest absolute Gasteiger partial charge is 0.276 e. The van der Waals surface area contributed by atoms with Gasteiger partial charge in [-0.05, 0) is 44.2 Å². The number of hydrogen-bond acceptors (Lipinski definition) is 4. The molecule has 1 aromatic heterocycles. The van der Waals surface area contributed by atoms with E-state index in [9.17, 15) is 24.6 Å². The number of nitro benzene ring substituents is 1. The number of nitriles is 1. The molecule has 0 unspecified atom stereocenters. The zero-order valence-corrected chi connectivity index (χ0v) is 15.7. The first-order valence-corrected chi connectivity index (χ1v) is 8.69. The van der Waals surface area contributed by atoms with Crippen molar-refractivity contribution in [2.45, 2.75) is 13.8 Å². The Balaban J connectivity index is 2.09. The Bertz CT molecular complexity index is 1200. The van der Waals surface area contributed by atoms with Gasteiger partial charge in [0.15, 0.2) is 0 Å². The van der Waals surface area contributed by atoms with E-state index in [1.807, 2.05) is 6.07 Å². The second kappa shape index (κ2) is 7.90. The van der Waals surface area contributed by atoms with Gasteiger partial charge in [-0.15, -0.1) is 0 Å². The van der Waals surface area contributed by atoms with E-state index in [0.717, 1.165) is 0 Å². The Morgan fingerprint density at radius 1 is 1.17 bits per heavy atom. The molecular formula is C22H16FN3O3. The van der Waals surface area contributed by atoms with Crippen LogP contribution in [0.4, 0.5) is 10.1 Å². The van der Waals surface area contributed by atoms with Crippen molar-refractivity contribution < 1.29 is 14.1 Å². The Labute approximate surface area is 166 Å². The zero-order chi connectivity index (χ0) is 21.1. The number of ketones is 1. The number of rotatable bonds is 5. The number of allylic oxidation sites excluding steroid dienone is 1. The molecule has 1 heterocycles. The average molecular weight is 389 g/mol. The van der Waals surface area contributed by atoms with Gasteiger partial charge in [0.2, 0.25) is 5.78 Å². The minimum absolute atomic E-state index is 0.158. The van der Waals surface area contributed by atoms with Crippen LogP contribution in [-0.2, 0) is 0 Å². The third kappa shape index (κ3) is 3.69. The number of aryl methyl sites for hydroxylation is 1. The lowest BCUT2D eigenvalue weighted by Crippen LogP contribution is -2.06. The van der Waals surface area contributed by atoms with Crippen LogP contribution in [-0.4, -0.2) is 15.3 Å². The van der Waals surface area contributed by atoms with E-state index in [4.69, 9.17) is 0 Å². The summed E-state index contributed by atoms with van der Waals surface area (Å²) in [6.07, 6.45) is 1.20. The van der Waals surface area contributed by atoms with Crippen LogP contribution in [0, 0.1) is 41.1 Å². The molecule has 0 radical (unpaired) electrons. The van der Waals surface area contributed by atoms with Gasteiger partial charge in [-0.3, -0.25) is 14.9 Å². The molecule has 0 N–H and O–H groups in total. The van der Waals surface area contributed by atoms with Gasteiger partial charge in [0.05, 0.1) is 16.2 Å². The fraction of sp³-hybridized carbons (Fsp3) is 0.0909. The normalized spacial score (nSPS) is 11.2. The highest BCUT2D eigenvalue weighted by Crippen LogP contribution is 2.26. The molecule has 3 aromatic rings. The number of aromatic nitrogens is 1. The van der Waals surface area contributed by atoms with E-state index >= 15 is 0 Å². The number of carbonyl (C=O) groups is 1. The van der Waals surface area contributed by atoms with E-state index in [2.05, 4.69) is 0 Å². The van der Waals surface area contributed by atoms with Crippen LogP contribution < -0.4 is 0 Å². The quantitative estimate of drug-likeness (QED) is 0.203. The molecule has 144 valence electrons. The Hall–Kier alpha value is -4.05. The Kier molecular flexibility index (Phi) is 5.37. The summed E-state index contributed by atoms with van der Waals surface area (Å²) in [6, 6.07) is 15.4. The summed E-state index contributed by atoms with van der Waals surface area (Å²) in [5, 5.41) is 20.7. The maximum Gasteiger partial charge on any atom is 0.276 e. The van der Waals surface area contributed by atoms with Crippen molar-refractivity contribution in [1.82, 2.24) is 4.57 Å². The van der Waals surface area contributed by atoms with Crippen LogP contribution in [0.2, 0.25) is 0 Å². The van der Waals surface area contributed by atoms with Gasteiger partial charge < -0.3 is 4.57 Å². The van der Waals surface area contributed by atoms with E-state index in [-0.39, 0.29) is 22.4 Å². The van der Waals surface area contributed by atoms with Crippen molar-refractivity contribution in [1.29, 1.82) is 5.26 Å².